The Morgan fingerprint density at radius 3 is 2.26 bits per heavy atom. The topological polar surface area (TPSA) is 79.3 Å². The molecule has 0 radical (unpaired) electrons. The SMILES string of the molecule is C=CCOc1ccc([C@@H]2C(=C(O)c3ccc(OC)cc3)C(=O)C(=O)N2CCCN(CC)CC)cc1. The van der Waals surface area contributed by atoms with Crippen molar-refractivity contribution in [1.82, 2.24) is 9.80 Å². The quantitative estimate of drug-likeness (QED) is 0.211. The maximum absolute atomic E-state index is 13.2. The van der Waals surface area contributed by atoms with E-state index in [0.717, 1.165) is 25.2 Å². The van der Waals surface area contributed by atoms with Gasteiger partial charge in [0.15, 0.2) is 0 Å². The molecule has 7 heteroatoms. The van der Waals surface area contributed by atoms with Gasteiger partial charge in [0.2, 0.25) is 0 Å². The summed E-state index contributed by atoms with van der Waals surface area (Å²) >= 11 is 0. The van der Waals surface area contributed by atoms with Gasteiger partial charge in [-0.05, 0) is 68.0 Å². The average Bonchev–Trinajstić information content (AvgIpc) is 3.14. The lowest BCUT2D eigenvalue weighted by molar-refractivity contribution is -0.140. The number of hydrogen-bond acceptors (Lipinski definition) is 6. The zero-order valence-electron chi connectivity index (χ0n) is 20.7. The van der Waals surface area contributed by atoms with Crippen molar-refractivity contribution in [3.8, 4) is 11.5 Å². The van der Waals surface area contributed by atoms with Crippen LogP contribution in [0.3, 0.4) is 0 Å². The van der Waals surface area contributed by atoms with E-state index in [0.29, 0.717) is 36.6 Å². The molecule has 35 heavy (non-hydrogen) atoms. The van der Waals surface area contributed by atoms with Crippen molar-refractivity contribution < 1.29 is 24.2 Å². The summed E-state index contributed by atoms with van der Waals surface area (Å²) in [7, 11) is 1.56. The summed E-state index contributed by atoms with van der Waals surface area (Å²) in [5.74, 6) is -0.198. The Morgan fingerprint density at radius 1 is 1.06 bits per heavy atom. The second-order valence-electron chi connectivity index (χ2n) is 8.27. The molecule has 0 saturated carbocycles. The van der Waals surface area contributed by atoms with Gasteiger partial charge in [0, 0.05) is 12.1 Å². The van der Waals surface area contributed by atoms with Crippen molar-refractivity contribution in [2.75, 3.05) is 39.9 Å². The Hall–Kier alpha value is -3.58. The molecule has 3 rings (SSSR count). The summed E-state index contributed by atoms with van der Waals surface area (Å²) in [5.41, 5.74) is 1.26. The highest BCUT2D eigenvalue weighted by atomic mass is 16.5. The fourth-order valence-electron chi connectivity index (χ4n) is 4.27. The van der Waals surface area contributed by atoms with Crippen LogP contribution >= 0.6 is 0 Å². The molecule has 1 fully saturated rings. The van der Waals surface area contributed by atoms with Crippen molar-refractivity contribution in [2.45, 2.75) is 26.3 Å². The average molecular weight is 479 g/mol. The van der Waals surface area contributed by atoms with E-state index in [9.17, 15) is 14.7 Å². The molecule has 1 amide bonds. The van der Waals surface area contributed by atoms with Crippen molar-refractivity contribution in [3.63, 3.8) is 0 Å². The Labute approximate surface area is 207 Å². The van der Waals surface area contributed by atoms with E-state index in [-0.39, 0.29) is 11.3 Å². The molecule has 0 bridgehead atoms. The second-order valence-corrected chi connectivity index (χ2v) is 8.27. The Balaban J connectivity index is 2.00. The van der Waals surface area contributed by atoms with Crippen LogP contribution in [0.2, 0.25) is 0 Å². The smallest absolute Gasteiger partial charge is 0.295 e. The highest BCUT2D eigenvalue weighted by molar-refractivity contribution is 6.46. The summed E-state index contributed by atoms with van der Waals surface area (Å²) in [6.07, 6.45) is 2.38. The summed E-state index contributed by atoms with van der Waals surface area (Å²) in [6.45, 7) is 11.3. The number of ketones is 1. The molecule has 1 aliphatic heterocycles. The molecular weight excluding hydrogens is 444 g/mol. The molecule has 0 unspecified atom stereocenters. The van der Waals surface area contributed by atoms with E-state index in [1.165, 1.54) is 0 Å². The van der Waals surface area contributed by atoms with Gasteiger partial charge in [0.25, 0.3) is 11.7 Å². The van der Waals surface area contributed by atoms with Gasteiger partial charge in [-0.2, -0.15) is 0 Å². The van der Waals surface area contributed by atoms with Crippen LogP contribution in [0.4, 0.5) is 0 Å². The number of aliphatic hydroxyl groups excluding tert-OH is 1. The van der Waals surface area contributed by atoms with Crippen LogP contribution in [-0.4, -0.2) is 66.5 Å². The third kappa shape index (κ3) is 5.92. The molecule has 1 N–H and O–H groups in total. The second kappa shape index (κ2) is 12.2. The van der Waals surface area contributed by atoms with Crippen LogP contribution in [0, 0.1) is 0 Å². The highest BCUT2D eigenvalue weighted by Crippen LogP contribution is 2.40. The highest BCUT2D eigenvalue weighted by Gasteiger charge is 2.45. The number of rotatable bonds is 12. The van der Waals surface area contributed by atoms with Gasteiger partial charge >= 0.3 is 0 Å². The zero-order chi connectivity index (χ0) is 25.4. The molecule has 1 atom stereocenters. The number of nitrogens with zero attached hydrogens (tertiary/aromatic N) is 2. The molecule has 1 aliphatic rings. The van der Waals surface area contributed by atoms with Crippen LogP contribution in [0.25, 0.3) is 5.76 Å². The van der Waals surface area contributed by atoms with Gasteiger partial charge in [-0.3, -0.25) is 9.59 Å². The zero-order valence-corrected chi connectivity index (χ0v) is 20.7. The van der Waals surface area contributed by atoms with E-state index >= 15 is 0 Å². The van der Waals surface area contributed by atoms with Gasteiger partial charge in [0.1, 0.15) is 23.9 Å². The lowest BCUT2D eigenvalue weighted by atomic mass is 9.95. The van der Waals surface area contributed by atoms with E-state index in [4.69, 9.17) is 9.47 Å². The molecule has 2 aromatic rings. The van der Waals surface area contributed by atoms with Crippen molar-refractivity contribution in [3.05, 3.63) is 77.9 Å². The number of methoxy groups -OCH3 is 1. The number of amides is 1. The predicted molar refractivity (Wildman–Crippen MR) is 137 cm³/mol. The lowest BCUT2D eigenvalue weighted by Gasteiger charge is -2.27. The Bertz CT molecular complexity index is 1060. The third-order valence-corrected chi connectivity index (χ3v) is 6.23. The van der Waals surface area contributed by atoms with Gasteiger partial charge in [0.05, 0.1) is 18.7 Å². The number of aliphatic hydroxyl groups is 1. The third-order valence-electron chi connectivity index (χ3n) is 6.23. The number of carbonyl (C=O) groups excluding carboxylic acids is 2. The maximum atomic E-state index is 13.2. The molecule has 1 heterocycles. The van der Waals surface area contributed by atoms with Gasteiger partial charge in [-0.25, -0.2) is 0 Å². The van der Waals surface area contributed by atoms with E-state index in [1.54, 1.807) is 54.5 Å². The minimum atomic E-state index is -0.692. The molecule has 2 aromatic carbocycles. The number of likely N-dealkylation sites (tertiary alicyclic amines) is 1. The molecule has 0 spiro atoms. The first-order valence-electron chi connectivity index (χ1n) is 11.9. The van der Waals surface area contributed by atoms with Crippen LogP contribution < -0.4 is 9.47 Å². The van der Waals surface area contributed by atoms with E-state index < -0.39 is 17.7 Å². The molecule has 7 nitrogen and oxygen atoms in total. The standard InChI is InChI=1S/C28H34N2O5/c1-5-19-35-23-15-9-20(10-16-23)25-24(26(31)21-11-13-22(34-4)14-12-21)27(32)28(33)30(25)18-8-17-29(6-2)7-3/h5,9-16,25,31H,1,6-8,17-19H2,2-4H3/t25-/m1/s1. The fourth-order valence-corrected chi connectivity index (χ4v) is 4.27. The molecule has 0 aliphatic carbocycles. The van der Waals surface area contributed by atoms with Crippen molar-refractivity contribution in [1.29, 1.82) is 0 Å². The molecular formula is C28H34N2O5. The lowest BCUT2D eigenvalue weighted by Crippen LogP contribution is -2.33. The first-order chi connectivity index (χ1) is 16.9. The number of ether oxygens (including phenoxy) is 2. The fraction of sp³-hybridized carbons (Fsp3) is 0.357. The van der Waals surface area contributed by atoms with E-state index in [1.807, 2.05) is 12.1 Å². The number of hydrogen-bond donors (Lipinski definition) is 1. The number of carbonyl (C=O) groups is 2. The summed E-state index contributed by atoms with van der Waals surface area (Å²) in [6, 6.07) is 13.3. The van der Waals surface area contributed by atoms with Crippen LogP contribution in [0.15, 0.2) is 66.8 Å². The molecule has 0 aromatic heterocycles. The maximum Gasteiger partial charge on any atom is 0.295 e. The normalized spacial score (nSPS) is 17.1. The van der Waals surface area contributed by atoms with Crippen LogP contribution in [-0.2, 0) is 9.59 Å². The van der Waals surface area contributed by atoms with Gasteiger partial charge in [-0.15, -0.1) is 0 Å². The Morgan fingerprint density at radius 2 is 1.69 bits per heavy atom. The summed E-state index contributed by atoms with van der Waals surface area (Å²) in [4.78, 5) is 30.1. The van der Waals surface area contributed by atoms with Crippen LogP contribution in [0.5, 0.6) is 11.5 Å². The predicted octanol–water partition coefficient (Wildman–Crippen LogP) is 4.41. The van der Waals surface area contributed by atoms with Crippen molar-refractivity contribution >= 4 is 17.4 Å². The van der Waals surface area contributed by atoms with Gasteiger partial charge < -0.3 is 24.4 Å². The van der Waals surface area contributed by atoms with Crippen LogP contribution in [0.1, 0.15) is 37.4 Å². The monoisotopic (exact) mass is 478 g/mol. The Kier molecular flexibility index (Phi) is 9.09. The number of Topliss-reactive ketones (excluding diaryl/α,β-unsaturated/α-hetero) is 1. The summed E-state index contributed by atoms with van der Waals surface area (Å²) < 4.78 is 10.8. The van der Waals surface area contributed by atoms with Gasteiger partial charge in [-0.1, -0.05) is 38.6 Å². The minimum absolute atomic E-state index is 0.0859. The number of benzene rings is 2. The molecule has 186 valence electrons. The summed E-state index contributed by atoms with van der Waals surface area (Å²) in [5, 5.41) is 11.2. The van der Waals surface area contributed by atoms with Crippen molar-refractivity contribution in [2.24, 2.45) is 0 Å². The molecule has 1 saturated heterocycles. The minimum Gasteiger partial charge on any atom is -0.507 e. The first kappa shape index (κ1) is 26.0. The first-order valence-corrected chi connectivity index (χ1v) is 11.9. The van der Waals surface area contributed by atoms with E-state index in [2.05, 4.69) is 25.3 Å². The largest absolute Gasteiger partial charge is 0.507 e.